The number of carbonyl (C=O) groups is 1. The van der Waals surface area contributed by atoms with Crippen molar-refractivity contribution in [3.63, 3.8) is 0 Å². The zero-order chi connectivity index (χ0) is 14.5. The second kappa shape index (κ2) is 7.05. The molecule has 1 aliphatic carbocycles. The Hall–Kier alpha value is -1.39. The maximum Gasteiger partial charge on any atom is 0.253 e. The third-order valence-electron chi connectivity index (χ3n) is 4.43. The minimum absolute atomic E-state index is 0.137. The van der Waals surface area contributed by atoms with Gasteiger partial charge in [-0.3, -0.25) is 4.79 Å². The second-order valence-corrected chi connectivity index (χ2v) is 6.06. The summed E-state index contributed by atoms with van der Waals surface area (Å²) in [6, 6.07) is 10.2. The van der Waals surface area contributed by atoms with Crippen LogP contribution in [0.1, 0.15) is 24.8 Å². The van der Waals surface area contributed by atoms with Gasteiger partial charge in [0.15, 0.2) is 0 Å². The molecular formula is C17H24N2O2. The van der Waals surface area contributed by atoms with Crippen molar-refractivity contribution in [2.45, 2.75) is 31.9 Å². The summed E-state index contributed by atoms with van der Waals surface area (Å²) in [5.74, 6) is 0.812. The highest BCUT2D eigenvalue weighted by Crippen LogP contribution is 2.28. The SMILES string of the molecule is O=C(C1CNCCO1)N(Cc1ccccc1)CC1CCC1. The number of ether oxygens (including phenoxy) is 1. The molecular weight excluding hydrogens is 264 g/mol. The molecule has 0 spiro atoms. The van der Waals surface area contributed by atoms with E-state index < -0.39 is 0 Å². The van der Waals surface area contributed by atoms with E-state index in [4.69, 9.17) is 4.74 Å². The first kappa shape index (κ1) is 14.5. The van der Waals surface area contributed by atoms with Gasteiger partial charge in [0.05, 0.1) is 6.61 Å². The normalized spacial score (nSPS) is 22.6. The van der Waals surface area contributed by atoms with Crippen LogP contribution in [-0.2, 0) is 16.1 Å². The first-order chi connectivity index (χ1) is 10.3. The van der Waals surface area contributed by atoms with Gasteiger partial charge >= 0.3 is 0 Å². The fourth-order valence-corrected chi connectivity index (χ4v) is 2.95. The molecule has 0 aromatic heterocycles. The van der Waals surface area contributed by atoms with Crippen molar-refractivity contribution in [1.82, 2.24) is 10.2 Å². The van der Waals surface area contributed by atoms with E-state index in [2.05, 4.69) is 17.4 Å². The fraction of sp³-hybridized carbons (Fsp3) is 0.588. The van der Waals surface area contributed by atoms with E-state index in [1.807, 2.05) is 23.1 Å². The summed E-state index contributed by atoms with van der Waals surface area (Å²) in [5, 5.41) is 3.24. The lowest BCUT2D eigenvalue weighted by atomic mass is 9.85. The van der Waals surface area contributed by atoms with E-state index in [1.165, 1.54) is 24.8 Å². The average Bonchev–Trinajstić information content (AvgIpc) is 2.51. The monoisotopic (exact) mass is 288 g/mol. The molecule has 4 nitrogen and oxygen atoms in total. The Balaban J connectivity index is 1.66. The molecule has 4 heteroatoms. The molecule has 1 aromatic rings. The summed E-state index contributed by atoms with van der Waals surface area (Å²) in [6.45, 7) is 3.66. The van der Waals surface area contributed by atoms with Crippen molar-refractivity contribution >= 4 is 5.91 Å². The quantitative estimate of drug-likeness (QED) is 0.898. The Kier molecular flexibility index (Phi) is 4.88. The standard InChI is InChI=1S/C17H24N2O2/c20-17(16-11-18-9-10-21-16)19(13-15-7-4-8-15)12-14-5-2-1-3-6-14/h1-3,5-6,15-16,18H,4,7-13H2. The van der Waals surface area contributed by atoms with Crippen LogP contribution in [0.5, 0.6) is 0 Å². The minimum atomic E-state index is -0.317. The number of carbonyl (C=O) groups excluding carboxylic acids is 1. The van der Waals surface area contributed by atoms with Crippen LogP contribution >= 0.6 is 0 Å². The molecule has 1 atom stereocenters. The van der Waals surface area contributed by atoms with Crippen LogP contribution in [0.2, 0.25) is 0 Å². The Morgan fingerprint density at radius 2 is 2.10 bits per heavy atom. The third kappa shape index (κ3) is 3.83. The molecule has 21 heavy (non-hydrogen) atoms. The number of amides is 1. The molecule has 1 saturated heterocycles. The molecule has 1 heterocycles. The summed E-state index contributed by atoms with van der Waals surface area (Å²) >= 11 is 0. The van der Waals surface area contributed by atoms with E-state index in [0.717, 1.165) is 13.1 Å². The van der Waals surface area contributed by atoms with Crippen molar-refractivity contribution in [1.29, 1.82) is 0 Å². The summed E-state index contributed by atoms with van der Waals surface area (Å²) in [5.41, 5.74) is 1.19. The Labute approximate surface area is 126 Å². The van der Waals surface area contributed by atoms with Gasteiger partial charge in [-0.1, -0.05) is 36.8 Å². The molecule has 1 amide bonds. The van der Waals surface area contributed by atoms with Crippen LogP contribution in [0.25, 0.3) is 0 Å². The maximum absolute atomic E-state index is 12.7. The van der Waals surface area contributed by atoms with Gasteiger partial charge < -0.3 is 15.0 Å². The highest BCUT2D eigenvalue weighted by molar-refractivity contribution is 5.81. The average molecular weight is 288 g/mol. The Bertz CT molecular complexity index is 453. The van der Waals surface area contributed by atoms with Gasteiger partial charge in [0.25, 0.3) is 5.91 Å². The minimum Gasteiger partial charge on any atom is -0.366 e. The number of morpholine rings is 1. The molecule has 1 aromatic carbocycles. The van der Waals surface area contributed by atoms with Crippen LogP contribution in [0.4, 0.5) is 0 Å². The van der Waals surface area contributed by atoms with E-state index >= 15 is 0 Å². The molecule has 3 rings (SSSR count). The largest absolute Gasteiger partial charge is 0.366 e. The number of hydrogen-bond acceptors (Lipinski definition) is 3. The van der Waals surface area contributed by atoms with E-state index in [9.17, 15) is 4.79 Å². The molecule has 0 bridgehead atoms. The summed E-state index contributed by atoms with van der Waals surface area (Å²) in [7, 11) is 0. The van der Waals surface area contributed by atoms with Crippen molar-refractivity contribution in [3.8, 4) is 0 Å². The molecule has 1 unspecified atom stereocenters. The van der Waals surface area contributed by atoms with Gasteiger partial charge in [0, 0.05) is 26.2 Å². The third-order valence-corrected chi connectivity index (χ3v) is 4.43. The molecule has 2 aliphatic rings. The molecule has 2 fully saturated rings. The number of rotatable bonds is 5. The van der Waals surface area contributed by atoms with Crippen LogP contribution in [0.3, 0.4) is 0 Å². The Morgan fingerprint density at radius 1 is 1.29 bits per heavy atom. The summed E-state index contributed by atoms with van der Waals surface area (Å²) in [6.07, 6.45) is 3.49. The second-order valence-electron chi connectivity index (χ2n) is 6.06. The fourth-order valence-electron chi connectivity index (χ4n) is 2.95. The predicted molar refractivity (Wildman–Crippen MR) is 81.8 cm³/mol. The summed E-state index contributed by atoms with van der Waals surface area (Å²) in [4.78, 5) is 14.7. The smallest absolute Gasteiger partial charge is 0.253 e. The number of nitrogens with one attached hydrogen (secondary N) is 1. The number of nitrogens with zero attached hydrogens (tertiary/aromatic N) is 1. The van der Waals surface area contributed by atoms with Crippen molar-refractivity contribution in [2.75, 3.05) is 26.2 Å². The number of hydrogen-bond donors (Lipinski definition) is 1. The van der Waals surface area contributed by atoms with Crippen molar-refractivity contribution in [3.05, 3.63) is 35.9 Å². The predicted octanol–water partition coefficient (Wildman–Crippen LogP) is 1.80. The van der Waals surface area contributed by atoms with Gasteiger partial charge in [0.2, 0.25) is 0 Å². The van der Waals surface area contributed by atoms with Gasteiger partial charge in [-0.2, -0.15) is 0 Å². The first-order valence-electron chi connectivity index (χ1n) is 7.98. The number of benzene rings is 1. The summed E-state index contributed by atoms with van der Waals surface area (Å²) < 4.78 is 5.64. The lowest BCUT2D eigenvalue weighted by Crippen LogP contribution is -2.50. The van der Waals surface area contributed by atoms with E-state index in [1.54, 1.807) is 0 Å². The van der Waals surface area contributed by atoms with Gasteiger partial charge in [-0.05, 0) is 24.3 Å². The molecule has 1 saturated carbocycles. The zero-order valence-corrected chi connectivity index (χ0v) is 12.5. The van der Waals surface area contributed by atoms with Crippen molar-refractivity contribution < 1.29 is 9.53 Å². The van der Waals surface area contributed by atoms with Gasteiger partial charge in [-0.15, -0.1) is 0 Å². The van der Waals surface area contributed by atoms with Crippen LogP contribution in [0, 0.1) is 5.92 Å². The van der Waals surface area contributed by atoms with Crippen molar-refractivity contribution in [2.24, 2.45) is 5.92 Å². The van der Waals surface area contributed by atoms with E-state index in [-0.39, 0.29) is 12.0 Å². The van der Waals surface area contributed by atoms with Gasteiger partial charge in [0.1, 0.15) is 6.10 Å². The van der Waals surface area contributed by atoms with Crippen LogP contribution in [0.15, 0.2) is 30.3 Å². The highest BCUT2D eigenvalue weighted by atomic mass is 16.5. The molecule has 0 radical (unpaired) electrons. The first-order valence-corrected chi connectivity index (χ1v) is 7.98. The highest BCUT2D eigenvalue weighted by Gasteiger charge is 2.30. The molecule has 114 valence electrons. The van der Waals surface area contributed by atoms with Crippen LogP contribution in [-0.4, -0.2) is 43.2 Å². The van der Waals surface area contributed by atoms with Crippen LogP contribution < -0.4 is 5.32 Å². The van der Waals surface area contributed by atoms with Gasteiger partial charge in [-0.25, -0.2) is 0 Å². The zero-order valence-electron chi connectivity index (χ0n) is 12.5. The maximum atomic E-state index is 12.7. The topological polar surface area (TPSA) is 41.6 Å². The Morgan fingerprint density at radius 3 is 2.71 bits per heavy atom. The lowest BCUT2D eigenvalue weighted by Gasteiger charge is -2.35. The lowest BCUT2D eigenvalue weighted by molar-refractivity contribution is -0.147. The molecule has 1 aliphatic heterocycles. The van der Waals surface area contributed by atoms with E-state index in [0.29, 0.717) is 25.6 Å². The molecule has 1 N–H and O–H groups in total.